The van der Waals surface area contributed by atoms with E-state index in [9.17, 15) is 4.79 Å². The molecule has 6 nitrogen and oxygen atoms in total. The molecule has 0 bridgehead atoms. The predicted octanol–water partition coefficient (Wildman–Crippen LogP) is 1.02. The summed E-state index contributed by atoms with van der Waals surface area (Å²) in [5.41, 5.74) is 0.361. The number of carbonyl (C=O) groups is 1. The first kappa shape index (κ1) is 12.9. The fourth-order valence-electron chi connectivity index (χ4n) is 1.20. The Morgan fingerprint density at radius 2 is 2.41 bits per heavy atom. The standard InChI is InChI=1S/C11H14N4O2/c1-3-17-10(16)4-5-13-11-9(6-12)7-14-8(2)15-11/h7H,3-5H2,1-2H3,(H,13,14,15). The van der Waals surface area contributed by atoms with Crippen molar-refractivity contribution in [1.29, 1.82) is 5.26 Å². The summed E-state index contributed by atoms with van der Waals surface area (Å²) >= 11 is 0. The van der Waals surface area contributed by atoms with Gasteiger partial charge in [-0.15, -0.1) is 0 Å². The fraction of sp³-hybridized carbons (Fsp3) is 0.455. The van der Waals surface area contributed by atoms with Crippen molar-refractivity contribution in [2.45, 2.75) is 20.3 Å². The normalized spacial score (nSPS) is 9.47. The minimum atomic E-state index is -0.274. The van der Waals surface area contributed by atoms with Gasteiger partial charge in [0.2, 0.25) is 0 Å². The first-order chi connectivity index (χ1) is 8.17. The summed E-state index contributed by atoms with van der Waals surface area (Å²) in [5, 5.41) is 11.8. The maximum Gasteiger partial charge on any atom is 0.307 e. The first-order valence-electron chi connectivity index (χ1n) is 5.30. The molecule has 0 fully saturated rings. The van der Waals surface area contributed by atoms with Gasteiger partial charge in [-0.3, -0.25) is 4.79 Å². The Hall–Kier alpha value is -2.16. The largest absolute Gasteiger partial charge is 0.466 e. The highest BCUT2D eigenvalue weighted by Crippen LogP contribution is 2.09. The molecule has 1 heterocycles. The van der Waals surface area contributed by atoms with Gasteiger partial charge in [0.15, 0.2) is 0 Å². The Morgan fingerprint density at radius 3 is 3.06 bits per heavy atom. The Morgan fingerprint density at radius 1 is 1.65 bits per heavy atom. The van der Waals surface area contributed by atoms with Crippen molar-refractivity contribution < 1.29 is 9.53 Å². The van der Waals surface area contributed by atoms with Gasteiger partial charge < -0.3 is 10.1 Å². The average molecular weight is 234 g/mol. The maximum atomic E-state index is 11.1. The summed E-state index contributed by atoms with van der Waals surface area (Å²) in [6, 6.07) is 1.98. The van der Waals surface area contributed by atoms with E-state index in [-0.39, 0.29) is 12.4 Å². The third-order valence-electron chi connectivity index (χ3n) is 1.96. The number of hydrogen-bond donors (Lipinski definition) is 1. The molecule has 1 N–H and O–H groups in total. The molecule has 1 rings (SSSR count). The molecule has 0 saturated carbocycles. The lowest BCUT2D eigenvalue weighted by Crippen LogP contribution is -2.13. The van der Waals surface area contributed by atoms with Gasteiger partial charge in [-0.2, -0.15) is 5.26 Å². The van der Waals surface area contributed by atoms with E-state index in [0.29, 0.717) is 30.4 Å². The Balaban J connectivity index is 2.54. The van der Waals surface area contributed by atoms with Crippen LogP contribution in [0, 0.1) is 18.3 Å². The molecule has 17 heavy (non-hydrogen) atoms. The number of nitrogens with one attached hydrogen (secondary N) is 1. The van der Waals surface area contributed by atoms with Crippen LogP contribution in [0.2, 0.25) is 0 Å². The number of hydrogen-bond acceptors (Lipinski definition) is 6. The molecule has 0 saturated heterocycles. The van der Waals surface area contributed by atoms with Gasteiger partial charge >= 0.3 is 5.97 Å². The summed E-state index contributed by atoms with van der Waals surface area (Å²) in [7, 11) is 0. The highest BCUT2D eigenvalue weighted by Gasteiger charge is 2.06. The van der Waals surface area contributed by atoms with E-state index in [4.69, 9.17) is 10.00 Å². The maximum absolute atomic E-state index is 11.1. The van der Waals surface area contributed by atoms with Crippen LogP contribution in [-0.2, 0) is 9.53 Å². The highest BCUT2D eigenvalue weighted by molar-refractivity contribution is 5.70. The molecule has 0 atom stereocenters. The van der Waals surface area contributed by atoms with Gasteiger partial charge in [0.25, 0.3) is 0 Å². The fourth-order valence-corrected chi connectivity index (χ4v) is 1.20. The van der Waals surface area contributed by atoms with Crippen molar-refractivity contribution in [2.24, 2.45) is 0 Å². The lowest BCUT2D eigenvalue weighted by molar-refractivity contribution is -0.142. The van der Waals surface area contributed by atoms with Gasteiger partial charge in [-0.05, 0) is 13.8 Å². The van der Waals surface area contributed by atoms with Crippen molar-refractivity contribution in [1.82, 2.24) is 9.97 Å². The molecule has 0 aliphatic carbocycles. The summed E-state index contributed by atoms with van der Waals surface area (Å²) in [6.07, 6.45) is 1.69. The van der Waals surface area contributed by atoms with E-state index in [1.807, 2.05) is 6.07 Å². The molecule has 0 amide bonds. The van der Waals surface area contributed by atoms with E-state index < -0.39 is 0 Å². The van der Waals surface area contributed by atoms with Crippen LogP contribution in [0.1, 0.15) is 24.7 Å². The molecule has 6 heteroatoms. The number of aromatic nitrogens is 2. The quantitative estimate of drug-likeness (QED) is 0.765. The summed E-state index contributed by atoms with van der Waals surface area (Å²) < 4.78 is 4.78. The second-order valence-corrected chi connectivity index (χ2v) is 3.27. The van der Waals surface area contributed by atoms with Crippen molar-refractivity contribution in [2.75, 3.05) is 18.5 Å². The number of nitrogens with zero attached hydrogens (tertiary/aromatic N) is 3. The third-order valence-corrected chi connectivity index (χ3v) is 1.96. The smallest absolute Gasteiger partial charge is 0.307 e. The van der Waals surface area contributed by atoms with E-state index >= 15 is 0 Å². The number of esters is 1. The van der Waals surface area contributed by atoms with E-state index in [1.165, 1.54) is 6.20 Å². The van der Waals surface area contributed by atoms with Crippen LogP contribution < -0.4 is 5.32 Å². The molecular formula is C11H14N4O2. The van der Waals surface area contributed by atoms with Crippen LogP contribution in [0.25, 0.3) is 0 Å². The average Bonchev–Trinajstić information content (AvgIpc) is 2.30. The van der Waals surface area contributed by atoms with Crippen LogP contribution in [-0.4, -0.2) is 29.1 Å². The molecule has 0 aliphatic rings. The summed E-state index contributed by atoms with van der Waals surface area (Å²) in [5.74, 6) is 0.746. The predicted molar refractivity (Wildman–Crippen MR) is 61.2 cm³/mol. The number of carbonyl (C=O) groups excluding carboxylic acids is 1. The molecule has 0 aromatic carbocycles. The van der Waals surface area contributed by atoms with Gasteiger partial charge in [0.05, 0.1) is 19.2 Å². The summed E-state index contributed by atoms with van der Waals surface area (Å²) in [4.78, 5) is 19.1. The molecule has 90 valence electrons. The topological polar surface area (TPSA) is 87.9 Å². The zero-order chi connectivity index (χ0) is 12.7. The Kier molecular flexibility index (Phi) is 4.88. The lowest BCUT2D eigenvalue weighted by Gasteiger charge is -2.07. The molecule has 0 aliphatic heterocycles. The third kappa shape index (κ3) is 4.07. The second-order valence-electron chi connectivity index (χ2n) is 3.27. The zero-order valence-corrected chi connectivity index (χ0v) is 9.86. The van der Waals surface area contributed by atoms with Crippen LogP contribution in [0.15, 0.2) is 6.20 Å². The van der Waals surface area contributed by atoms with Crippen molar-refractivity contribution in [3.05, 3.63) is 17.6 Å². The zero-order valence-electron chi connectivity index (χ0n) is 9.86. The number of rotatable bonds is 5. The molecule has 0 radical (unpaired) electrons. The number of aryl methyl sites for hydroxylation is 1. The van der Waals surface area contributed by atoms with Crippen LogP contribution in [0.4, 0.5) is 5.82 Å². The SMILES string of the molecule is CCOC(=O)CCNc1nc(C)ncc1C#N. The van der Waals surface area contributed by atoms with E-state index in [2.05, 4.69) is 15.3 Å². The van der Waals surface area contributed by atoms with E-state index in [1.54, 1.807) is 13.8 Å². The van der Waals surface area contributed by atoms with Crippen LogP contribution in [0.5, 0.6) is 0 Å². The van der Waals surface area contributed by atoms with Crippen molar-refractivity contribution >= 4 is 11.8 Å². The number of ether oxygens (including phenoxy) is 1. The van der Waals surface area contributed by atoms with Gasteiger partial charge in [-0.1, -0.05) is 0 Å². The minimum absolute atomic E-state index is 0.238. The van der Waals surface area contributed by atoms with Gasteiger partial charge in [0.1, 0.15) is 23.3 Å². The summed E-state index contributed by atoms with van der Waals surface area (Å²) in [6.45, 7) is 4.24. The molecular weight excluding hydrogens is 220 g/mol. The second kappa shape index (κ2) is 6.43. The Labute approximate surface area is 99.6 Å². The monoisotopic (exact) mass is 234 g/mol. The van der Waals surface area contributed by atoms with E-state index in [0.717, 1.165) is 0 Å². The molecule has 1 aromatic heterocycles. The van der Waals surface area contributed by atoms with Crippen molar-refractivity contribution in [3.8, 4) is 6.07 Å². The highest BCUT2D eigenvalue weighted by atomic mass is 16.5. The lowest BCUT2D eigenvalue weighted by atomic mass is 10.3. The molecule has 1 aromatic rings. The molecule has 0 spiro atoms. The Bertz CT molecular complexity index is 440. The van der Waals surface area contributed by atoms with Crippen LogP contribution in [0.3, 0.4) is 0 Å². The number of anilines is 1. The van der Waals surface area contributed by atoms with Gasteiger partial charge in [0, 0.05) is 6.54 Å². The van der Waals surface area contributed by atoms with Crippen LogP contribution >= 0.6 is 0 Å². The molecule has 0 unspecified atom stereocenters. The minimum Gasteiger partial charge on any atom is -0.466 e. The van der Waals surface area contributed by atoms with Gasteiger partial charge in [-0.25, -0.2) is 9.97 Å². The number of nitriles is 1. The first-order valence-corrected chi connectivity index (χ1v) is 5.30. The van der Waals surface area contributed by atoms with Crippen molar-refractivity contribution in [3.63, 3.8) is 0 Å².